The van der Waals surface area contributed by atoms with E-state index in [1.165, 1.54) is 102 Å². The Bertz CT molecular complexity index is 3300. The molecule has 3 saturated heterocycles. The van der Waals surface area contributed by atoms with Gasteiger partial charge in [-0.25, -0.2) is 8.78 Å². The monoisotopic (exact) mass is 1380 g/mol. The van der Waals surface area contributed by atoms with Gasteiger partial charge in [-0.05, 0) is 133 Å². The maximum Gasteiger partial charge on any atom is 0.248 e. The molecular formula is C73H108F2N12O12. The minimum atomic E-state index is -1.56. The number of aryl methyl sites for hydroxylation is 2. The summed E-state index contributed by atoms with van der Waals surface area (Å²) < 4.78 is 30.1. The highest BCUT2D eigenvalue weighted by molar-refractivity contribution is 6.01. The van der Waals surface area contributed by atoms with E-state index in [4.69, 9.17) is 0 Å². The first-order chi connectivity index (χ1) is 46.7. The summed E-state index contributed by atoms with van der Waals surface area (Å²) in [4.78, 5) is 191. The van der Waals surface area contributed by atoms with Gasteiger partial charge in [-0.1, -0.05) is 89.6 Å². The molecule has 1 spiro atoms. The Morgan fingerprint density at radius 2 is 1.27 bits per heavy atom. The van der Waals surface area contributed by atoms with Crippen LogP contribution in [0.1, 0.15) is 160 Å². The number of hydrogen-bond acceptors (Lipinski definition) is 12. The molecule has 7 rings (SSSR count). The topological polar surface area (TPSA) is 270 Å². The third kappa shape index (κ3) is 17.9. The van der Waals surface area contributed by atoms with Gasteiger partial charge in [0.05, 0.1) is 13.0 Å². The number of rotatable bonds is 12. The van der Waals surface area contributed by atoms with Crippen molar-refractivity contribution in [3.8, 4) is 0 Å². The molecule has 2 aliphatic carbocycles. The highest BCUT2D eigenvalue weighted by Gasteiger charge is 2.52. The molecule has 3 N–H and O–H groups in total. The number of likely N-dealkylation sites (N-methyl/N-ethyl adjacent to an activating group) is 7. The fraction of sp³-hybridized carbons (Fsp3) is 0.671. The van der Waals surface area contributed by atoms with Gasteiger partial charge in [0.15, 0.2) is 0 Å². The van der Waals surface area contributed by atoms with Crippen molar-refractivity contribution in [3.05, 3.63) is 70.3 Å². The lowest BCUT2D eigenvalue weighted by molar-refractivity contribution is -0.161. The standard InChI is InChI=1S/C73H108F2N12O12/c1-16-45(6)61-70(97)81(12)47(8)65(92)87-36-32-55(87)69(96)85(17-2)58(40-48-28-26-44(5)27-29-48)68(95)80(11)42-59(88)76-53(31-30-49-38-51(74)46(7)52(75)39-49)66(93)86-35-22-25-54(86)64(91)78-73(33-20-21-34-73)72(99)84(15)62(50-23-18-19-24-50)71(98)83(14)57(67(94)79(9)10)41-60(89)82(13)56(37-43(3)4)63(90)77-61/h26-29,38-39,43,45,47,50,53-58,61-62H,16-25,30-37,40-42H2,1-15H3,(H,76,88)(H,77,90)(H,78,91)/t45-,47-,53-,54-,55-,56-,57-,58-,61-,62-/m0/s1. The second kappa shape index (κ2) is 33.9. The Morgan fingerprint density at radius 1 is 0.657 bits per heavy atom. The van der Waals surface area contributed by atoms with Crippen LogP contribution in [0.4, 0.5) is 8.78 Å². The smallest absolute Gasteiger partial charge is 0.248 e. The van der Waals surface area contributed by atoms with Crippen LogP contribution in [0.2, 0.25) is 0 Å². The van der Waals surface area contributed by atoms with Crippen LogP contribution in [0.5, 0.6) is 0 Å². The summed E-state index contributed by atoms with van der Waals surface area (Å²) in [5, 5.41) is 8.78. The maximum absolute atomic E-state index is 15.6. The average Bonchev–Trinajstić information content (AvgIpc) is 1.21. The quantitative estimate of drug-likeness (QED) is 0.265. The predicted octanol–water partition coefficient (Wildman–Crippen LogP) is 4.53. The number of hydrogen-bond donors (Lipinski definition) is 3. The number of benzene rings is 2. The van der Waals surface area contributed by atoms with Crippen molar-refractivity contribution in [2.45, 2.75) is 224 Å². The number of amides is 12. The Hall–Kier alpha value is -8.06. The molecule has 12 amide bonds. The van der Waals surface area contributed by atoms with Crippen LogP contribution in [0.15, 0.2) is 36.4 Å². The molecule has 0 radical (unpaired) electrons. The lowest BCUT2D eigenvalue weighted by atomic mass is 9.90. The number of nitrogens with zero attached hydrogens (tertiary/aromatic N) is 9. The Balaban J connectivity index is 1.30. The summed E-state index contributed by atoms with van der Waals surface area (Å²) in [6.07, 6.45) is 4.34. The van der Waals surface area contributed by atoms with Crippen molar-refractivity contribution in [2.24, 2.45) is 17.8 Å². The second-order valence-electron chi connectivity index (χ2n) is 29.1. The highest BCUT2D eigenvalue weighted by atomic mass is 19.1. The van der Waals surface area contributed by atoms with Gasteiger partial charge in [-0.15, -0.1) is 0 Å². The lowest BCUT2D eigenvalue weighted by Gasteiger charge is -2.45. The van der Waals surface area contributed by atoms with Crippen LogP contribution in [0.25, 0.3) is 0 Å². The molecule has 5 aliphatic rings. The zero-order valence-electron chi connectivity index (χ0n) is 60.9. The van der Waals surface area contributed by atoms with E-state index >= 15 is 37.5 Å². The van der Waals surface area contributed by atoms with Gasteiger partial charge in [0, 0.05) is 81.0 Å². The Labute approximate surface area is 582 Å². The molecule has 2 saturated carbocycles. The van der Waals surface area contributed by atoms with E-state index in [0.29, 0.717) is 44.1 Å². The zero-order valence-corrected chi connectivity index (χ0v) is 60.9. The normalized spacial score (nSPS) is 26.6. The number of halogens is 2. The minimum absolute atomic E-state index is 0.0107. The summed E-state index contributed by atoms with van der Waals surface area (Å²) in [7, 11) is 10.1. The van der Waals surface area contributed by atoms with Crippen LogP contribution in [0, 0.1) is 43.2 Å². The molecule has 99 heavy (non-hydrogen) atoms. The fourth-order valence-corrected chi connectivity index (χ4v) is 14.9. The van der Waals surface area contributed by atoms with Crippen molar-refractivity contribution < 1.29 is 66.3 Å². The van der Waals surface area contributed by atoms with Crippen molar-refractivity contribution in [1.29, 1.82) is 0 Å². The SMILES string of the molecule is CC[C@H](C)[C@@H]1NC(=O)[C@H](CC(C)C)N(C)C(=O)C[C@@H](C(=O)N(C)C)N(C)C(=O)[C@H](C2CCCC2)N(C)C(=O)C2(CCCC2)NC(=O)[C@@H]2CCCN2C(=O)[C@H](CCc2cc(F)c(C)c(F)c2)NC(=O)CN(C)C(=O)[C@H](Cc2ccc(C)cc2)N(CC)C(=O)[C@@H]2CCN2C(=O)[C@H](C)N(C)C1=O. The van der Waals surface area contributed by atoms with Crippen molar-refractivity contribution in [3.63, 3.8) is 0 Å². The van der Waals surface area contributed by atoms with Crippen molar-refractivity contribution in [1.82, 2.24) is 60.0 Å². The minimum Gasteiger partial charge on any atom is -0.347 e. The predicted molar refractivity (Wildman–Crippen MR) is 367 cm³/mol. The molecule has 3 heterocycles. The van der Waals surface area contributed by atoms with E-state index in [9.17, 15) is 28.8 Å². The molecule has 10 atom stereocenters. The summed E-state index contributed by atoms with van der Waals surface area (Å²) >= 11 is 0. The molecule has 0 aromatic heterocycles. The average molecular weight is 1380 g/mol. The molecule has 2 aromatic rings. The van der Waals surface area contributed by atoms with Gasteiger partial charge in [0.1, 0.15) is 71.5 Å². The number of carbonyl (C=O) groups excluding carboxylic acids is 12. The first kappa shape index (κ1) is 78.3. The van der Waals surface area contributed by atoms with Crippen molar-refractivity contribution in [2.75, 3.05) is 75.5 Å². The van der Waals surface area contributed by atoms with Gasteiger partial charge in [-0.3, -0.25) is 57.5 Å². The molecule has 0 unspecified atom stereocenters. The first-order valence-corrected chi connectivity index (χ1v) is 35.5. The molecule has 5 fully saturated rings. The zero-order chi connectivity index (χ0) is 73.2. The largest absolute Gasteiger partial charge is 0.347 e. The van der Waals surface area contributed by atoms with E-state index in [1.54, 1.807) is 13.8 Å². The number of nitrogens with one attached hydrogen (secondary N) is 3. The van der Waals surface area contributed by atoms with Gasteiger partial charge in [-0.2, -0.15) is 0 Å². The van der Waals surface area contributed by atoms with Gasteiger partial charge >= 0.3 is 0 Å². The van der Waals surface area contributed by atoms with Gasteiger partial charge in [0.2, 0.25) is 70.9 Å². The van der Waals surface area contributed by atoms with Gasteiger partial charge in [0.25, 0.3) is 0 Å². The number of fused-ring (bicyclic) bond motifs is 2. The molecular weight excluding hydrogens is 1270 g/mol. The maximum atomic E-state index is 15.6. The summed E-state index contributed by atoms with van der Waals surface area (Å²) in [6.45, 7) is 13.3. The van der Waals surface area contributed by atoms with E-state index in [0.717, 1.165) is 35.4 Å². The summed E-state index contributed by atoms with van der Waals surface area (Å²) in [6, 6.07) is -1.44. The third-order valence-electron chi connectivity index (χ3n) is 21.6. The van der Waals surface area contributed by atoms with Crippen LogP contribution in [0.3, 0.4) is 0 Å². The molecule has 26 heteroatoms. The molecule has 24 nitrogen and oxygen atoms in total. The van der Waals surface area contributed by atoms with E-state index in [1.807, 2.05) is 52.0 Å². The molecule has 3 aliphatic heterocycles. The summed E-state index contributed by atoms with van der Waals surface area (Å²) in [5.74, 6) is -10.4. The molecule has 0 bridgehead atoms. The Kier molecular flexibility index (Phi) is 26.8. The van der Waals surface area contributed by atoms with E-state index < -0.39 is 167 Å². The van der Waals surface area contributed by atoms with Crippen LogP contribution < -0.4 is 16.0 Å². The van der Waals surface area contributed by atoms with Crippen molar-refractivity contribution >= 4 is 70.9 Å². The molecule has 546 valence electrons. The summed E-state index contributed by atoms with van der Waals surface area (Å²) in [5.41, 5.74) is 0.0359. The Morgan fingerprint density at radius 3 is 1.84 bits per heavy atom. The first-order valence-electron chi connectivity index (χ1n) is 35.5. The van der Waals surface area contributed by atoms with E-state index in [-0.39, 0.29) is 88.0 Å². The fourth-order valence-electron chi connectivity index (χ4n) is 14.9. The third-order valence-corrected chi connectivity index (χ3v) is 21.6. The molecule has 2 aromatic carbocycles. The highest BCUT2D eigenvalue weighted by Crippen LogP contribution is 2.37. The second-order valence-corrected chi connectivity index (χ2v) is 29.1. The van der Waals surface area contributed by atoms with Crippen LogP contribution >= 0.6 is 0 Å². The van der Waals surface area contributed by atoms with Crippen LogP contribution in [-0.4, -0.2) is 250 Å². The van der Waals surface area contributed by atoms with E-state index in [2.05, 4.69) is 16.0 Å². The lowest BCUT2D eigenvalue weighted by Crippen LogP contribution is -2.65. The number of carbonyl (C=O) groups is 12. The van der Waals surface area contributed by atoms with Crippen LogP contribution in [-0.2, 0) is 70.4 Å². The van der Waals surface area contributed by atoms with Gasteiger partial charge < -0.3 is 60.0 Å².